The van der Waals surface area contributed by atoms with Gasteiger partial charge in [0.25, 0.3) is 0 Å². The van der Waals surface area contributed by atoms with Gasteiger partial charge in [-0.2, -0.15) is 0 Å². The Kier molecular flexibility index (Phi) is 8.06. The average molecular weight is 465 g/mol. The molecular formula is C20H24N4O3S3. The first-order valence-corrected chi connectivity index (χ1v) is 12.4. The molecule has 1 N–H and O–H groups in total. The van der Waals surface area contributed by atoms with Gasteiger partial charge in [0.05, 0.1) is 22.8 Å². The van der Waals surface area contributed by atoms with Gasteiger partial charge >= 0.3 is 5.97 Å². The zero-order valence-corrected chi connectivity index (χ0v) is 19.6. The normalized spacial score (nSPS) is 10.9. The monoisotopic (exact) mass is 464 g/mol. The summed E-state index contributed by atoms with van der Waals surface area (Å²) in [5.41, 5.74) is 0.409. The molecule has 0 bridgehead atoms. The quantitative estimate of drug-likeness (QED) is 0.338. The molecule has 0 unspecified atom stereocenters. The van der Waals surface area contributed by atoms with Crippen molar-refractivity contribution in [1.29, 1.82) is 0 Å². The zero-order valence-electron chi connectivity index (χ0n) is 17.1. The predicted molar refractivity (Wildman–Crippen MR) is 123 cm³/mol. The van der Waals surface area contributed by atoms with Gasteiger partial charge in [0.15, 0.2) is 11.0 Å². The number of anilines is 1. The molecule has 3 aromatic rings. The molecule has 0 saturated heterocycles. The number of amides is 1. The number of nitrogens with one attached hydrogen (secondary N) is 1. The third-order valence-electron chi connectivity index (χ3n) is 4.12. The molecule has 160 valence electrons. The van der Waals surface area contributed by atoms with Crippen LogP contribution in [-0.4, -0.2) is 39.0 Å². The van der Waals surface area contributed by atoms with Crippen molar-refractivity contribution in [2.75, 3.05) is 17.7 Å². The zero-order chi connectivity index (χ0) is 21.5. The van der Waals surface area contributed by atoms with Gasteiger partial charge in [0.2, 0.25) is 5.91 Å². The van der Waals surface area contributed by atoms with Gasteiger partial charge in [-0.15, -0.1) is 32.9 Å². The minimum Gasteiger partial charge on any atom is -0.462 e. The van der Waals surface area contributed by atoms with E-state index in [2.05, 4.69) is 22.4 Å². The van der Waals surface area contributed by atoms with E-state index in [1.165, 1.54) is 23.1 Å². The number of thioether (sulfide) groups is 1. The first-order chi connectivity index (χ1) is 14.6. The van der Waals surface area contributed by atoms with Crippen LogP contribution in [0.1, 0.15) is 42.4 Å². The van der Waals surface area contributed by atoms with Crippen LogP contribution in [-0.2, 0) is 22.5 Å². The van der Waals surface area contributed by atoms with Crippen LogP contribution in [0, 0.1) is 0 Å². The molecule has 3 rings (SSSR count). The van der Waals surface area contributed by atoms with Crippen LogP contribution >= 0.6 is 34.4 Å². The van der Waals surface area contributed by atoms with E-state index in [1.54, 1.807) is 24.3 Å². The van der Waals surface area contributed by atoms with Gasteiger partial charge in [-0.05, 0) is 37.3 Å². The smallest absolute Gasteiger partial charge is 0.341 e. The van der Waals surface area contributed by atoms with Crippen LogP contribution in [0.5, 0.6) is 0 Å². The van der Waals surface area contributed by atoms with E-state index < -0.39 is 5.97 Å². The summed E-state index contributed by atoms with van der Waals surface area (Å²) in [5, 5.41) is 14.7. The van der Waals surface area contributed by atoms with Crippen molar-refractivity contribution < 1.29 is 14.3 Å². The molecule has 0 aromatic carbocycles. The maximum atomic E-state index is 12.6. The fraction of sp³-hybridized carbons (Fsp3) is 0.400. The van der Waals surface area contributed by atoms with E-state index >= 15 is 0 Å². The van der Waals surface area contributed by atoms with E-state index in [4.69, 9.17) is 4.74 Å². The highest BCUT2D eigenvalue weighted by molar-refractivity contribution is 7.99. The number of hydrogen-bond donors (Lipinski definition) is 1. The Balaban J connectivity index is 1.70. The fourth-order valence-electron chi connectivity index (χ4n) is 2.77. The molecule has 1 amide bonds. The molecule has 0 aliphatic carbocycles. The molecule has 0 saturated carbocycles. The molecule has 10 heteroatoms. The lowest BCUT2D eigenvalue weighted by molar-refractivity contribution is -0.113. The van der Waals surface area contributed by atoms with Gasteiger partial charge in [-0.3, -0.25) is 4.79 Å². The second-order valence-corrected chi connectivity index (χ2v) is 9.33. The van der Waals surface area contributed by atoms with Crippen LogP contribution in [0.15, 0.2) is 28.7 Å². The van der Waals surface area contributed by atoms with Crippen LogP contribution in [0.4, 0.5) is 5.00 Å². The molecule has 0 atom stereocenters. The highest BCUT2D eigenvalue weighted by Gasteiger charge is 2.20. The standard InChI is InChI=1S/C20H24N4O3S3/c1-4-9-24-17(15-8-7-10-28-15)22-23-20(24)29-12-16(25)21-18-14(19(26)27-6-3)11-13(5-2)30-18/h7-8,10-11H,4-6,9,12H2,1-3H3,(H,21,25). The Morgan fingerprint density at radius 1 is 1.27 bits per heavy atom. The van der Waals surface area contributed by atoms with Crippen molar-refractivity contribution in [1.82, 2.24) is 14.8 Å². The summed E-state index contributed by atoms with van der Waals surface area (Å²) in [7, 11) is 0. The number of carbonyl (C=O) groups is 2. The van der Waals surface area contributed by atoms with E-state index in [1.807, 2.05) is 29.0 Å². The van der Waals surface area contributed by atoms with Crippen molar-refractivity contribution in [3.8, 4) is 10.7 Å². The number of aryl methyl sites for hydroxylation is 1. The molecule has 0 aliphatic rings. The number of esters is 1. The summed E-state index contributed by atoms with van der Waals surface area (Å²) in [4.78, 5) is 26.9. The summed E-state index contributed by atoms with van der Waals surface area (Å²) in [6.07, 6.45) is 1.72. The van der Waals surface area contributed by atoms with Crippen LogP contribution in [0.3, 0.4) is 0 Å². The molecular weight excluding hydrogens is 440 g/mol. The maximum Gasteiger partial charge on any atom is 0.341 e. The molecule has 3 heterocycles. The lowest BCUT2D eigenvalue weighted by Crippen LogP contribution is -2.16. The van der Waals surface area contributed by atoms with Gasteiger partial charge in [0, 0.05) is 11.4 Å². The Hall–Kier alpha value is -2.17. The number of rotatable bonds is 10. The first-order valence-electron chi connectivity index (χ1n) is 9.76. The largest absolute Gasteiger partial charge is 0.462 e. The predicted octanol–water partition coefficient (Wildman–Crippen LogP) is 4.95. The minimum atomic E-state index is -0.417. The van der Waals surface area contributed by atoms with Crippen LogP contribution in [0.2, 0.25) is 0 Å². The second kappa shape index (κ2) is 10.7. The lowest BCUT2D eigenvalue weighted by atomic mass is 10.2. The minimum absolute atomic E-state index is 0.175. The Labute approximate surface area is 187 Å². The lowest BCUT2D eigenvalue weighted by Gasteiger charge is -2.08. The fourth-order valence-corrected chi connectivity index (χ4v) is 5.25. The third-order valence-corrected chi connectivity index (χ3v) is 7.15. The number of carbonyl (C=O) groups excluding carboxylic acids is 2. The Morgan fingerprint density at radius 2 is 2.10 bits per heavy atom. The van der Waals surface area contributed by atoms with E-state index in [0.29, 0.717) is 22.3 Å². The van der Waals surface area contributed by atoms with Crippen molar-refractivity contribution >= 4 is 51.3 Å². The van der Waals surface area contributed by atoms with Gasteiger partial charge in [-0.25, -0.2) is 4.79 Å². The maximum absolute atomic E-state index is 12.6. The second-order valence-electron chi connectivity index (χ2n) is 6.30. The highest BCUT2D eigenvalue weighted by atomic mass is 32.2. The van der Waals surface area contributed by atoms with Crippen molar-refractivity contribution in [2.24, 2.45) is 0 Å². The number of nitrogens with zero attached hydrogens (tertiary/aromatic N) is 3. The summed E-state index contributed by atoms with van der Waals surface area (Å²) < 4.78 is 7.16. The van der Waals surface area contributed by atoms with E-state index in [9.17, 15) is 9.59 Å². The molecule has 30 heavy (non-hydrogen) atoms. The van der Waals surface area contributed by atoms with Gasteiger partial charge in [-0.1, -0.05) is 31.7 Å². The van der Waals surface area contributed by atoms with Crippen LogP contribution < -0.4 is 5.32 Å². The summed E-state index contributed by atoms with van der Waals surface area (Å²) >= 11 is 4.36. The van der Waals surface area contributed by atoms with E-state index in [-0.39, 0.29) is 11.7 Å². The molecule has 0 fully saturated rings. The van der Waals surface area contributed by atoms with Crippen molar-refractivity contribution in [3.63, 3.8) is 0 Å². The Bertz CT molecular complexity index is 995. The molecule has 0 aliphatic heterocycles. The number of hydrogen-bond acceptors (Lipinski definition) is 8. The summed E-state index contributed by atoms with van der Waals surface area (Å²) in [5.74, 6) is 0.386. The van der Waals surface area contributed by atoms with Gasteiger partial charge in [0.1, 0.15) is 5.00 Å². The number of thiophene rings is 2. The summed E-state index contributed by atoms with van der Waals surface area (Å²) in [6, 6.07) is 5.79. The SMILES string of the molecule is CCCn1c(SCC(=O)Nc2sc(CC)cc2C(=O)OCC)nnc1-c1cccs1. The number of aromatic nitrogens is 3. The molecule has 7 nitrogen and oxygen atoms in total. The molecule has 0 spiro atoms. The molecule has 0 radical (unpaired) electrons. The summed E-state index contributed by atoms with van der Waals surface area (Å²) in [6.45, 7) is 6.93. The van der Waals surface area contributed by atoms with Crippen LogP contribution in [0.25, 0.3) is 10.7 Å². The first kappa shape index (κ1) is 22.5. The number of ether oxygens (including phenoxy) is 1. The van der Waals surface area contributed by atoms with Gasteiger partial charge < -0.3 is 14.6 Å². The van der Waals surface area contributed by atoms with Crippen molar-refractivity contribution in [3.05, 3.63) is 34.0 Å². The topological polar surface area (TPSA) is 86.1 Å². The van der Waals surface area contributed by atoms with Crippen molar-refractivity contribution in [2.45, 2.75) is 45.3 Å². The molecule has 3 aromatic heterocycles. The highest BCUT2D eigenvalue weighted by Crippen LogP contribution is 2.31. The Morgan fingerprint density at radius 3 is 2.77 bits per heavy atom. The third kappa shape index (κ3) is 5.30. The van der Waals surface area contributed by atoms with E-state index in [0.717, 1.165) is 35.0 Å². The average Bonchev–Trinajstić information content (AvgIpc) is 3.46.